The van der Waals surface area contributed by atoms with Crippen molar-refractivity contribution in [3.05, 3.63) is 72.2 Å². The molecule has 3 aromatic heterocycles. The maximum absolute atomic E-state index is 13.9. The number of carboxylic acid groups (broad SMARTS) is 1. The van der Waals surface area contributed by atoms with E-state index in [0.717, 1.165) is 24.5 Å². The van der Waals surface area contributed by atoms with E-state index in [0.29, 0.717) is 23.6 Å². The van der Waals surface area contributed by atoms with E-state index in [1.54, 1.807) is 17.7 Å². The number of aliphatic hydroxyl groups is 3. The molecule has 0 spiro atoms. The largest absolute Gasteiger partial charge is 0.479 e. The lowest BCUT2D eigenvalue weighted by molar-refractivity contribution is -0.271. The number of H-pyrrole nitrogens is 1. The molecule has 1 saturated heterocycles. The Morgan fingerprint density at radius 3 is 2.32 bits per heavy atom. The topological polar surface area (TPSA) is 197 Å². The van der Waals surface area contributed by atoms with Gasteiger partial charge in [-0.2, -0.15) is 22.0 Å². The van der Waals surface area contributed by atoms with Crippen LogP contribution in [0.3, 0.4) is 0 Å². The molecule has 4 heterocycles. The molecule has 1 fully saturated rings. The fourth-order valence-electron chi connectivity index (χ4n) is 5.02. The molecular weight excluding hydrogens is 679 g/mol. The minimum Gasteiger partial charge on any atom is -0.479 e. The highest BCUT2D eigenvalue weighted by Gasteiger charge is 2.48. The molecule has 0 radical (unpaired) electrons. The smallest absolute Gasteiger partial charge is 0.416 e. The minimum atomic E-state index is -4.49. The van der Waals surface area contributed by atoms with Crippen molar-refractivity contribution >= 4 is 28.6 Å². The molecule has 19 heteroatoms. The van der Waals surface area contributed by atoms with Crippen LogP contribution in [0.4, 0.5) is 33.6 Å². The molecule has 5 unspecified atom stereocenters. The van der Waals surface area contributed by atoms with Gasteiger partial charge in [-0.15, -0.1) is 0 Å². The molecule has 0 aliphatic carbocycles. The average molecular weight is 707 g/mol. The van der Waals surface area contributed by atoms with E-state index in [-0.39, 0.29) is 34.7 Å². The fraction of sp³-hybridized carbons (Fsp3) is 0.290. The summed E-state index contributed by atoms with van der Waals surface area (Å²) in [6, 6.07) is 10.3. The van der Waals surface area contributed by atoms with Gasteiger partial charge in [-0.05, 0) is 36.4 Å². The number of aromatic amines is 1. The number of pyridine rings is 1. The van der Waals surface area contributed by atoms with Crippen LogP contribution < -0.4 is 14.8 Å². The monoisotopic (exact) mass is 706 g/mol. The average Bonchev–Trinajstić information content (AvgIpc) is 3.67. The van der Waals surface area contributed by atoms with Gasteiger partial charge in [-0.3, -0.25) is 0 Å². The number of carbonyl (C=O) groups is 1. The van der Waals surface area contributed by atoms with Gasteiger partial charge in [0, 0.05) is 31.8 Å². The summed E-state index contributed by atoms with van der Waals surface area (Å²) in [6.07, 6.45) is -12.2. The van der Waals surface area contributed by atoms with E-state index in [4.69, 9.17) is 14.2 Å². The van der Waals surface area contributed by atoms with Crippen LogP contribution in [0.5, 0.6) is 17.2 Å². The molecule has 50 heavy (non-hydrogen) atoms. The second-order valence-corrected chi connectivity index (χ2v) is 11.4. The summed E-state index contributed by atoms with van der Waals surface area (Å²) >= 11 is 0. The highest BCUT2D eigenvalue weighted by Crippen LogP contribution is 2.38. The van der Waals surface area contributed by atoms with Crippen molar-refractivity contribution in [3.63, 3.8) is 0 Å². The molecule has 6 rings (SSSR count). The first-order chi connectivity index (χ1) is 23.5. The van der Waals surface area contributed by atoms with E-state index >= 15 is 0 Å². The van der Waals surface area contributed by atoms with Gasteiger partial charge in [0.2, 0.25) is 12.2 Å². The zero-order valence-corrected chi connectivity index (χ0v) is 25.8. The maximum Gasteiger partial charge on any atom is 0.416 e. The molecule has 5 aromatic rings. The predicted molar refractivity (Wildman–Crippen MR) is 162 cm³/mol. The molecule has 0 amide bonds. The molecule has 1 aliphatic rings. The Kier molecular flexibility index (Phi) is 8.85. The molecule has 0 bridgehead atoms. The Morgan fingerprint density at radius 1 is 0.960 bits per heavy atom. The third-order valence-corrected chi connectivity index (χ3v) is 7.73. The SMILES string of the molecule is Cn1c(Nc2ccc(C(F)(F)F)cc2)nc2cc(Oc3cc(-c4ncc(C(C)(F)F)[nH]4)ncc3OC3OC(C(=O)O)C(O)C(O)C3O)ccc21. The van der Waals surface area contributed by atoms with Gasteiger partial charge in [0.25, 0.3) is 5.92 Å². The Hall–Kier alpha value is -5.37. The molecule has 14 nitrogen and oxygen atoms in total. The molecule has 5 atom stereocenters. The summed E-state index contributed by atoms with van der Waals surface area (Å²) in [4.78, 5) is 26.7. The van der Waals surface area contributed by atoms with Crippen molar-refractivity contribution in [2.75, 3.05) is 5.32 Å². The summed E-state index contributed by atoms with van der Waals surface area (Å²) < 4.78 is 85.3. The van der Waals surface area contributed by atoms with Crippen LogP contribution in [0.25, 0.3) is 22.6 Å². The van der Waals surface area contributed by atoms with Gasteiger partial charge in [-0.25, -0.2) is 19.7 Å². The quantitative estimate of drug-likeness (QED) is 0.119. The number of aromatic nitrogens is 5. The van der Waals surface area contributed by atoms with Crippen molar-refractivity contribution in [2.45, 2.75) is 49.7 Å². The zero-order chi connectivity index (χ0) is 36.1. The fourth-order valence-corrected chi connectivity index (χ4v) is 5.02. The second-order valence-electron chi connectivity index (χ2n) is 11.4. The summed E-state index contributed by atoms with van der Waals surface area (Å²) in [5, 5.41) is 43.1. The first kappa shape index (κ1) is 34.5. The summed E-state index contributed by atoms with van der Waals surface area (Å²) in [5.41, 5.74) is 0.0138. The lowest BCUT2D eigenvalue weighted by Gasteiger charge is -2.38. The molecule has 2 aromatic carbocycles. The van der Waals surface area contributed by atoms with Crippen molar-refractivity contribution < 1.29 is 61.4 Å². The number of imidazole rings is 2. The van der Waals surface area contributed by atoms with Crippen LogP contribution in [0, 0.1) is 0 Å². The van der Waals surface area contributed by atoms with Crippen molar-refractivity contribution in [3.8, 4) is 28.8 Å². The normalized spacial score (nSPS) is 21.3. The number of nitrogens with one attached hydrogen (secondary N) is 2. The minimum absolute atomic E-state index is 0.00812. The van der Waals surface area contributed by atoms with Crippen molar-refractivity contribution in [2.24, 2.45) is 7.05 Å². The Labute approximate surface area is 277 Å². The number of rotatable bonds is 9. The lowest BCUT2D eigenvalue weighted by Crippen LogP contribution is -2.61. The summed E-state index contributed by atoms with van der Waals surface area (Å²) in [7, 11) is 1.67. The number of fused-ring (bicyclic) bond motifs is 1. The molecule has 6 N–H and O–H groups in total. The molecule has 1 aliphatic heterocycles. The maximum atomic E-state index is 13.9. The highest BCUT2D eigenvalue weighted by molar-refractivity contribution is 5.81. The first-order valence-corrected chi connectivity index (χ1v) is 14.6. The number of carboxylic acids is 1. The van der Waals surface area contributed by atoms with Gasteiger partial charge < -0.3 is 49.5 Å². The van der Waals surface area contributed by atoms with Crippen LogP contribution in [0.2, 0.25) is 0 Å². The highest BCUT2D eigenvalue weighted by atomic mass is 19.4. The zero-order valence-electron chi connectivity index (χ0n) is 25.8. The van der Waals surface area contributed by atoms with Crippen LogP contribution in [0.15, 0.2) is 60.9 Å². The number of hydrogen-bond acceptors (Lipinski definition) is 11. The number of aliphatic hydroxyl groups excluding tert-OH is 3. The van der Waals surface area contributed by atoms with E-state index in [2.05, 4.69) is 25.3 Å². The molecular formula is C31H27F5N6O8. The van der Waals surface area contributed by atoms with E-state index in [1.807, 2.05) is 0 Å². The van der Waals surface area contributed by atoms with Gasteiger partial charge in [0.1, 0.15) is 35.4 Å². The van der Waals surface area contributed by atoms with Crippen LogP contribution in [-0.4, -0.2) is 81.6 Å². The number of hydrogen-bond donors (Lipinski definition) is 6. The number of aryl methyl sites for hydroxylation is 1. The van der Waals surface area contributed by atoms with Gasteiger partial charge in [0.05, 0.1) is 29.0 Å². The van der Waals surface area contributed by atoms with E-state index in [1.165, 1.54) is 30.3 Å². The van der Waals surface area contributed by atoms with Gasteiger partial charge >= 0.3 is 12.1 Å². The number of benzene rings is 2. The Balaban J connectivity index is 1.32. The van der Waals surface area contributed by atoms with Crippen molar-refractivity contribution in [1.29, 1.82) is 0 Å². The van der Waals surface area contributed by atoms with Crippen molar-refractivity contribution in [1.82, 2.24) is 24.5 Å². The number of anilines is 2. The van der Waals surface area contributed by atoms with Gasteiger partial charge in [-0.1, -0.05) is 0 Å². The first-order valence-electron chi connectivity index (χ1n) is 14.6. The summed E-state index contributed by atoms with van der Waals surface area (Å²) in [5.74, 6) is -4.95. The third-order valence-electron chi connectivity index (χ3n) is 7.73. The van der Waals surface area contributed by atoms with Crippen LogP contribution >= 0.6 is 0 Å². The third kappa shape index (κ3) is 6.88. The molecule has 0 saturated carbocycles. The number of ether oxygens (including phenoxy) is 3. The van der Waals surface area contributed by atoms with Crippen LogP contribution in [0.1, 0.15) is 18.2 Å². The lowest BCUT2D eigenvalue weighted by atomic mass is 9.99. The van der Waals surface area contributed by atoms with E-state index in [9.17, 15) is 47.2 Å². The van der Waals surface area contributed by atoms with E-state index < -0.39 is 60.0 Å². The molecule has 264 valence electrons. The summed E-state index contributed by atoms with van der Waals surface area (Å²) in [6.45, 7) is 0.673. The standard InChI is InChI=1S/C31H27F5N6O8/c1-30(32,33)21-12-38-26(41-21)17-10-19(20(11-37-17)49-28-24(45)22(43)23(44)25(50-28)27(46)47)48-15-7-8-18-16(9-15)40-29(42(18)2)39-14-5-3-13(4-6-14)31(34,35)36/h3-12,22-25,28,43-45H,1-2H3,(H,38,41)(H,39,40)(H,46,47). The van der Waals surface area contributed by atoms with Gasteiger partial charge in [0.15, 0.2) is 23.4 Å². The second kappa shape index (κ2) is 12.8. The number of halogens is 5. The number of nitrogens with zero attached hydrogens (tertiary/aromatic N) is 4. The Morgan fingerprint density at radius 2 is 1.68 bits per heavy atom. The predicted octanol–water partition coefficient (Wildman–Crippen LogP) is 4.30. The Bertz CT molecular complexity index is 2030. The number of aliphatic carboxylic acids is 1. The number of alkyl halides is 5. The van der Waals surface area contributed by atoms with Crippen LogP contribution in [-0.2, 0) is 28.7 Å².